The molecule has 1 rings (SSSR count). The van der Waals surface area contributed by atoms with Crippen molar-refractivity contribution in [3.05, 3.63) is 6.92 Å². The molecule has 1 aliphatic carbocycles. The van der Waals surface area contributed by atoms with Gasteiger partial charge in [0.1, 0.15) is 0 Å². The molecule has 0 aromatic heterocycles. The number of hydrogen-bond donors (Lipinski definition) is 0. The van der Waals surface area contributed by atoms with Crippen molar-refractivity contribution in [3.8, 4) is 6.07 Å². The Labute approximate surface area is 56.7 Å². The molecule has 0 unspecified atom stereocenters. The number of nitrogens with zero attached hydrogens (tertiary/aromatic N) is 1. The van der Waals surface area contributed by atoms with Crippen LogP contribution in [0.2, 0.25) is 0 Å². The Morgan fingerprint density at radius 3 is 2.22 bits per heavy atom. The van der Waals surface area contributed by atoms with Crippen molar-refractivity contribution in [1.29, 1.82) is 5.26 Å². The van der Waals surface area contributed by atoms with Crippen LogP contribution in [0.5, 0.6) is 0 Å². The second-order valence-corrected chi connectivity index (χ2v) is 2.85. The highest BCUT2D eigenvalue weighted by molar-refractivity contribution is 5.01. The van der Waals surface area contributed by atoms with Crippen LogP contribution in [-0.2, 0) is 0 Å². The van der Waals surface area contributed by atoms with Gasteiger partial charge >= 0.3 is 0 Å². The number of hydrogen-bond acceptors (Lipinski definition) is 1. The van der Waals surface area contributed by atoms with E-state index in [-0.39, 0.29) is 5.41 Å². The van der Waals surface area contributed by atoms with Gasteiger partial charge in [-0.25, -0.2) is 0 Å². The van der Waals surface area contributed by atoms with E-state index in [9.17, 15) is 0 Å². The van der Waals surface area contributed by atoms with Gasteiger partial charge in [0.05, 0.1) is 11.5 Å². The van der Waals surface area contributed by atoms with E-state index < -0.39 is 0 Å². The van der Waals surface area contributed by atoms with E-state index >= 15 is 0 Å². The third kappa shape index (κ3) is 1.08. The molecule has 9 heavy (non-hydrogen) atoms. The molecule has 0 amide bonds. The molecule has 0 spiro atoms. The number of rotatable bonds is 1. The summed E-state index contributed by atoms with van der Waals surface area (Å²) < 4.78 is 0. The van der Waals surface area contributed by atoms with Crippen molar-refractivity contribution in [3.63, 3.8) is 0 Å². The zero-order valence-corrected chi connectivity index (χ0v) is 5.69. The second-order valence-electron chi connectivity index (χ2n) is 2.85. The smallest absolute Gasteiger partial charge is 0.0689 e. The van der Waals surface area contributed by atoms with Crippen molar-refractivity contribution < 1.29 is 0 Å². The lowest BCUT2D eigenvalue weighted by Gasteiger charge is -2.15. The van der Waals surface area contributed by atoms with Gasteiger partial charge in [0, 0.05) is 0 Å². The summed E-state index contributed by atoms with van der Waals surface area (Å²) in [5.41, 5.74) is -0.0278. The fourth-order valence-corrected chi connectivity index (χ4v) is 1.47. The van der Waals surface area contributed by atoms with E-state index in [4.69, 9.17) is 5.26 Å². The van der Waals surface area contributed by atoms with E-state index in [1.54, 1.807) is 0 Å². The molecule has 1 heteroatoms. The second kappa shape index (κ2) is 2.39. The highest BCUT2D eigenvalue weighted by atomic mass is 14.4. The van der Waals surface area contributed by atoms with Crippen LogP contribution < -0.4 is 0 Å². The van der Waals surface area contributed by atoms with Crippen LogP contribution in [0.3, 0.4) is 0 Å². The van der Waals surface area contributed by atoms with Gasteiger partial charge in [0.25, 0.3) is 0 Å². The van der Waals surface area contributed by atoms with Crippen LogP contribution >= 0.6 is 0 Å². The Morgan fingerprint density at radius 1 is 1.44 bits per heavy atom. The lowest BCUT2D eigenvalue weighted by atomic mass is 9.85. The molecular weight excluding hydrogens is 110 g/mol. The standard InChI is InChI=1S/C8H12N/c1-2-8(7-9)5-3-4-6-8/h1-6H2. The van der Waals surface area contributed by atoms with Crippen LogP contribution in [0.15, 0.2) is 0 Å². The van der Waals surface area contributed by atoms with Crippen molar-refractivity contribution in [2.45, 2.75) is 32.1 Å². The Bertz CT molecular complexity index is 126. The first-order chi connectivity index (χ1) is 4.33. The number of nitriles is 1. The molecule has 1 nitrogen and oxygen atoms in total. The SMILES string of the molecule is [CH2]CC1(C#N)CCCC1. The maximum Gasteiger partial charge on any atom is 0.0689 e. The normalized spacial score (nSPS) is 23.6. The minimum Gasteiger partial charge on any atom is -0.198 e. The molecule has 0 N–H and O–H groups in total. The van der Waals surface area contributed by atoms with Gasteiger partial charge in [-0.05, 0) is 19.3 Å². The van der Waals surface area contributed by atoms with Crippen LogP contribution in [-0.4, -0.2) is 0 Å². The predicted octanol–water partition coefficient (Wildman–Crippen LogP) is 2.29. The Balaban J connectivity index is 2.59. The molecule has 0 bridgehead atoms. The summed E-state index contributed by atoms with van der Waals surface area (Å²) in [7, 11) is 0. The van der Waals surface area contributed by atoms with Crippen molar-refractivity contribution in [2.24, 2.45) is 5.41 Å². The van der Waals surface area contributed by atoms with E-state index in [1.165, 1.54) is 12.8 Å². The molecular formula is C8H12N. The van der Waals surface area contributed by atoms with E-state index in [2.05, 4.69) is 13.0 Å². The van der Waals surface area contributed by atoms with Crippen LogP contribution in [0.4, 0.5) is 0 Å². The van der Waals surface area contributed by atoms with Gasteiger partial charge in [0.2, 0.25) is 0 Å². The first kappa shape index (κ1) is 6.61. The summed E-state index contributed by atoms with van der Waals surface area (Å²) in [5, 5.41) is 8.73. The van der Waals surface area contributed by atoms with Crippen LogP contribution in [0.25, 0.3) is 0 Å². The molecule has 0 aliphatic heterocycles. The molecule has 0 heterocycles. The average molecular weight is 122 g/mol. The molecule has 49 valence electrons. The molecule has 0 aromatic rings. The highest BCUT2D eigenvalue weighted by Crippen LogP contribution is 2.39. The van der Waals surface area contributed by atoms with E-state index in [0.29, 0.717) is 0 Å². The minimum absolute atomic E-state index is 0.0278. The first-order valence-electron chi connectivity index (χ1n) is 3.53. The molecule has 0 saturated heterocycles. The van der Waals surface area contributed by atoms with Crippen molar-refractivity contribution >= 4 is 0 Å². The van der Waals surface area contributed by atoms with Gasteiger partial charge in [0.15, 0.2) is 0 Å². The Hall–Kier alpha value is -0.510. The molecule has 1 radical (unpaired) electrons. The molecule has 1 fully saturated rings. The highest BCUT2D eigenvalue weighted by Gasteiger charge is 2.31. The Kier molecular flexibility index (Phi) is 1.75. The zero-order chi connectivity index (χ0) is 6.74. The first-order valence-corrected chi connectivity index (χ1v) is 3.53. The largest absolute Gasteiger partial charge is 0.198 e. The Morgan fingerprint density at radius 2 is 2.00 bits per heavy atom. The van der Waals surface area contributed by atoms with Crippen molar-refractivity contribution in [2.75, 3.05) is 0 Å². The third-order valence-corrected chi connectivity index (χ3v) is 2.28. The van der Waals surface area contributed by atoms with Gasteiger partial charge in [-0.2, -0.15) is 5.26 Å². The summed E-state index contributed by atoms with van der Waals surface area (Å²) in [6, 6.07) is 2.36. The van der Waals surface area contributed by atoms with Crippen molar-refractivity contribution in [1.82, 2.24) is 0 Å². The van der Waals surface area contributed by atoms with Gasteiger partial charge in [-0.15, -0.1) is 0 Å². The maximum atomic E-state index is 8.73. The van der Waals surface area contributed by atoms with Crippen LogP contribution in [0.1, 0.15) is 32.1 Å². The monoisotopic (exact) mass is 122 g/mol. The summed E-state index contributed by atoms with van der Waals surface area (Å²) in [5.74, 6) is 0. The third-order valence-electron chi connectivity index (χ3n) is 2.28. The van der Waals surface area contributed by atoms with E-state index in [1.807, 2.05) is 0 Å². The summed E-state index contributed by atoms with van der Waals surface area (Å²) >= 11 is 0. The topological polar surface area (TPSA) is 23.8 Å². The van der Waals surface area contributed by atoms with Gasteiger partial charge < -0.3 is 0 Å². The van der Waals surface area contributed by atoms with Crippen LogP contribution in [0, 0.1) is 23.7 Å². The molecule has 1 aliphatic rings. The summed E-state index contributed by atoms with van der Waals surface area (Å²) in [6.45, 7) is 3.79. The zero-order valence-electron chi connectivity index (χ0n) is 5.69. The fourth-order valence-electron chi connectivity index (χ4n) is 1.47. The molecule has 0 aromatic carbocycles. The quantitative estimate of drug-likeness (QED) is 0.523. The summed E-state index contributed by atoms with van der Waals surface area (Å²) in [6.07, 6.45) is 5.40. The maximum absolute atomic E-state index is 8.73. The van der Waals surface area contributed by atoms with E-state index in [0.717, 1.165) is 19.3 Å². The summed E-state index contributed by atoms with van der Waals surface area (Å²) in [4.78, 5) is 0. The minimum atomic E-state index is -0.0278. The predicted molar refractivity (Wildman–Crippen MR) is 36.5 cm³/mol. The molecule has 1 saturated carbocycles. The fraction of sp³-hybridized carbons (Fsp3) is 0.750. The van der Waals surface area contributed by atoms with Gasteiger partial charge in [-0.1, -0.05) is 19.8 Å². The average Bonchev–Trinajstić information content (AvgIpc) is 2.36. The lowest BCUT2D eigenvalue weighted by Crippen LogP contribution is -2.10. The van der Waals surface area contributed by atoms with Gasteiger partial charge in [-0.3, -0.25) is 0 Å². The lowest BCUT2D eigenvalue weighted by molar-refractivity contribution is 0.415. The molecule has 0 atom stereocenters.